The first-order chi connectivity index (χ1) is 17.8. The van der Waals surface area contributed by atoms with Crippen molar-refractivity contribution < 1.29 is 0 Å². The van der Waals surface area contributed by atoms with Crippen LogP contribution in [0.4, 0.5) is 17.1 Å². The van der Waals surface area contributed by atoms with Gasteiger partial charge in [0.2, 0.25) is 0 Å². The molecule has 0 saturated carbocycles. The molecule has 0 aliphatic carbocycles. The van der Waals surface area contributed by atoms with Crippen LogP contribution in [-0.4, -0.2) is 66.9 Å². The van der Waals surface area contributed by atoms with Crippen molar-refractivity contribution >= 4 is 54.1 Å². The first kappa shape index (κ1) is 29.9. The number of benzene rings is 3. The Morgan fingerprint density at radius 2 is 0.842 bits per heavy atom. The van der Waals surface area contributed by atoms with Gasteiger partial charge in [0, 0.05) is 59.3 Å². The first-order valence-electron chi connectivity index (χ1n) is 11.8. The van der Waals surface area contributed by atoms with Crippen LogP contribution in [0.1, 0.15) is 16.7 Å². The fraction of sp³-hybridized carbons (Fsp3) is 0.214. The number of rotatable bonds is 9. The molecule has 0 radical (unpaired) electrons. The van der Waals surface area contributed by atoms with Crippen LogP contribution in [-0.2, 0) is 0 Å². The van der Waals surface area contributed by atoms with Gasteiger partial charge in [-0.1, -0.05) is 36.4 Å². The van der Waals surface area contributed by atoms with Crippen molar-refractivity contribution in [2.24, 2.45) is 20.4 Å². The van der Waals surface area contributed by atoms with Gasteiger partial charge in [-0.2, -0.15) is 15.3 Å². The normalized spacial score (nSPS) is 10.9. The largest absolute Gasteiger partial charge is 0.378 e. The van der Waals surface area contributed by atoms with Crippen LogP contribution in [0.3, 0.4) is 0 Å². The molecule has 10 heteroatoms. The molecule has 3 aromatic rings. The van der Waals surface area contributed by atoms with E-state index in [0.29, 0.717) is 0 Å². The number of hydrogen-bond donors (Lipinski definition) is 2. The highest BCUT2D eigenvalue weighted by atomic mass is 35.5. The van der Waals surface area contributed by atoms with Gasteiger partial charge in [0.15, 0.2) is 0 Å². The fourth-order valence-electron chi connectivity index (χ4n) is 3.13. The zero-order valence-electron chi connectivity index (χ0n) is 22.7. The van der Waals surface area contributed by atoms with Crippen molar-refractivity contribution in [3.63, 3.8) is 0 Å². The summed E-state index contributed by atoms with van der Waals surface area (Å²) in [5.74, 6) is 0.281. The van der Waals surface area contributed by atoms with E-state index in [9.17, 15) is 0 Å². The molecule has 0 aliphatic rings. The third-order valence-electron chi connectivity index (χ3n) is 5.36. The standard InChI is InChI=1S/C28H35N9.ClH/c1-35(2)25-13-7-22(8-14-25)19-29-32-28(33-30-20-23-9-15-26(16-10-23)36(3)4)34-31-21-24-11-17-27(18-12-24)37(5)6;/h7-21H,1-6H3,(H2,32,33,34);1H. The molecule has 0 amide bonds. The predicted molar refractivity (Wildman–Crippen MR) is 166 cm³/mol. The van der Waals surface area contributed by atoms with Gasteiger partial charge in [-0.15, -0.1) is 17.5 Å². The van der Waals surface area contributed by atoms with E-state index in [4.69, 9.17) is 0 Å². The molecule has 2 N–H and O–H groups in total. The van der Waals surface area contributed by atoms with E-state index >= 15 is 0 Å². The van der Waals surface area contributed by atoms with Crippen molar-refractivity contribution in [1.29, 1.82) is 0 Å². The zero-order valence-corrected chi connectivity index (χ0v) is 23.5. The van der Waals surface area contributed by atoms with Crippen molar-refractivity contribution in [3.8, 4) is 0 Å². The van der Waals surface area contributed by atoms with Crippen LogP contribution < -0.4 is 25.6 Å². The monoisotopic (exact) mass is 533 g/mol. The molecule has 200 valence electrons. The topological polar surface area (TPSA) is 83.2 Å². The summed E-state index contributed by atoms with van der Waals surface area (Å²) in [6.45, 7) is 0. The van der Waals surface area contributed by atoms with Crippen LogP contribution in [0, 0.1) is 0 Å². The smallest absolute Gasteiger partial charge is 0.257 e. The Labute approximate surface area is 231 Å². The number of anilines is 3. The lowest BCUT2D eigenvalue weighted by Gasteiger charge is -2.11. The minimum Gasteiger partial charge on any atom is -0.378 e. The van der Waals surface area contributed by atoms with Gasteiger partial charge in [-0.25, -0.2) is 10.9 Å². The van der Waals surface area contributed by atoms with Gasteiger partial charge in [0.1, 0.15) is 0 Å². The van der Waals surface area contributed by atoms with Gasteiger partial charge >= 0.3 is 0 Å². The van der Waals surface area contributed by atoms with E-state index in [-0.39, 0.29) is 18.4 Å². The van der Waals surface area contributed by atoms with Crippen LogP contribution in [0.5, 0.6) is 0 Å². The molecule has 0 aromatic heterocycles. The third kappa shape index (κ3) is 9.59. The summed E-state index contributed by atoms with van der Waals surface area (Å²) in [6, 6.07) is 24.1. The van der Waals surface area contributed by atoms with Crippen molar-refractivity contribution in [1.82, 2.24) is 10.9 Å². The Kier molecular flexibility index (Phi) is 11.8. The highest BCUT2D eigenvalue weighted by Gasteiger charge is 1.98. The number of hydrogen-bond acceptors (Lipinski definition) is 7. The van der Waals surface area contributed by atoms with Gasteiger partial charge in [0.25, 0.3) is 5.96 Å². The maximum atomic E-state index is 4.29. The average Bonchev–Trinajstić information content (AvgIpc) is 2.89. The summed E-state index contributed by atoms with van der Waals surface area (Å²) < 4.78 is 0. The van der Waals surface area contributed by atoms with E-state index in [0.717, 1.165) is 33.8 Å². The lowest BCUT2D eigenvalue weighted by Crippen LogP contribution is -2.30. The summed E-state index contributed by atoms with van der Waals surface area (Å²) >= 11 is 0. The van der Waals surface area contributed by atoms with Crippen molar-refractivity contribution in [3.05, 3.63) is 89.5 Å². The molecule has 0 fully saturated rings. The highest BCUT2D eigenvalue weighted by Crippen LogP contribution is 2.12. The number of hydrazone groups is 2. The summed E-state index contributed by atoms with van der Waals surface area (Å²) in [5.41, 5.74) is 12.0. The Morgan fingerprint density at radius 1 is 0.526 bits per heavy atom. The van der Waals surface area contributed by atoms with Gasteiger partial charge < -0.3 is 14.7 Å². The molecule has 0 heterocycles. The maximum absolute atomic E-state index is 4.29. The van der Waals surface area contributed by atoms with E-state index in [1.807, 2.05) is 130 Å². The fourth-order valence-corrected chi connectivity index (χ4v) is 3.13. The van der Waals surface area contributed by atoms with Gasteiger partial charge in [0.05, 0.1) is 18.6 Å². The van der Waals surface area contributed by atoms with Crippen LogP contribution in [0.25, 0.3) is 0 Å². The molecular formula is C28H36ClN9. The van der Waals surface area contributed by atoms with Crippen molar-refractivity contribution in [2.75, 3.05) is 57.0 Å². The number of halogens is 1. The predicted octanol–water partition coefficient (Wildman–Crippen LogP) is 4.24. The molecule has 3 rings (SSSR count). The molecule has 38 heavy (non-hydrogen) atoms. The summed E-state index contributed by atoms with van der Waals surface area (Å²) in [4.78, 5) is 6.14. The van der Waals surface area contributed by atoms with Crippen LogP contribution in [0.2, 0.25) is 0 Å². The molecule has 0 atom stereocenters. The van der Waals surface area contributed by atoms with E-state index in [1.165, 1.54) is 0 Å². The Balaban J connectivity index is 0.00000507. The number of nitrogens with one attached hydrogen (secondary N) is 2. The molecule has 0 saturated heterocycles. The summed E-state index contributed by atoms with van der Waals surface area (Å²) in [5, 5.41) is 17.0. The third-order valence-corrected chi connectivity index (χ3v) is 5.36. The van der Waals surface area contributed by atoms with E-state index < -0.39 is 0 Å². The molecule has 0 spiro atoms. The van der Waals surface area contributed by atoms with Crippen LogP contribution in [0.15, 0.2) is 93.2 Å². The first-order valence-corrected chi connectivity index (χ1v) is 11.8. The van der Waals surface area contributed by atoms with E-state index in [1.54, 1.807) is 18.6 Å². The lowest BCUT2D eigenvalue weighted by atomic mass is 10.2. The highest BCUT2D eigenvalue weighted by molar-refractivity contribution is 5.87. The van der Waals surface area contributed by atoms with Gasteiger partial charge in [-0.3, -0.25) is 0 Å². The Morgan fingerprint density at radius 3 is 1.16 bits per heavy atom. The second kappa shape index (κ2) is 15.0. The molecule has 0 unspecified atom stereocenters. The minimum atomic E-state index is 0. The Hall–Kier alpha value is -4.37. The average molecular weight is 534 g/mol. The zero-order chi connectivity index (χ0) is 26.6. The maximum Gasteiger partial charge on any atom is 0.257 e. The SMILES string of the molecule is CN(C)c1ccc(C=NN=C(NN=Cc2ccc(N(C)C)cc2)NN=Cc2ccc(N(C)C)cc2)cc1.Cl. The molecule has 0 bridgehead atoms. The second-order valence-electron chi connectivity index (χ2n) is 8.89. The second-order valence-corrected chi connectivity index (χ2v) is 8.89. The summed E-state index contributed by atoms with van der Waals surface area (Å²) in [6.07, 6.45) is 5.10. The van der Waals surface area contributed by atoms with Crippen LogP contribution >= 0.6 is 12.4 Å². The number of nitrogens with zero attached hydrogens (tertiary/aromatic N) is 7. The molecule has 0 aliphatic heterocycles. The quantitative estimate of drug-likeness (QED) is 0.244. The summed E-state index contributed by atoms with van der Waals surface area (Å²) in [7, 11) is 12.0. The molecular weight excluding hydrogens is 498 g/mol. The molecule has 9 nitrogen and oxygen atoms in total. The van der Waals surface area contributed by atoms with Gasteiger partial charge in [-0.05, 0) is 53.1 Å². The number of guanidine groups is 1. The Bertz CT molecular complexity index is 1160. The lowest BCUT2D eigenvalue weighted by molar-refractivity contribution is 0.890. The minimum absolute atomic E-state index is 0. The molecule has 3 aromatic carbocycles. The van der Waals surface area contributed by atoms with Crippen molar-refractivity contribution in [2.45, 2.75) is 0 Å². The van der Waals surface area contributed by atoms with E-state index in [2.05, 4.69) is 31.3 Å².